The average Bonchev–Trinajstić information content (AvgIpc) is 2.72. The molecule has 2 unspecified atom stereocenters. The van der Waals surface area contributed by atoms with Gasteiger partial charge in [-0.1, -0.05) is 26.8 Å². The highest BCUT2D eigenvalue weighted by Crippen LogP contribution is 2.28. The second-order valence-electron chi connectivity index (χ2n) is 6.15. The van der Waals surface area contributed by atoms with Crippen LogP contribution < -0.4 is 10.2 Å². The molecule has 0 saturated carbocycles. The molecule has 0 aromatic heterocycles. The number of anilines is 1. The van der Waals surface area contributed by atoms with Crippen molar-refractivity contribution in [2.45, 2.75) is 40.7 Å². The molecule has 1 aliphatic heterocycles. The molecule has 0 amide bonds. The quantitative estimate of drug-likeness (QED) is 0.814. The maximum atomic E-state index is 3.48. The van der Waals surface area contributed by atoms with Gasteiger partial charge in [0.25, 0.3) is 0 Å². The van der Waals surface area contributed by atoms with E-state index < -0.39 is 0 Å². The molecule has 1 saturated heterocycles. The number of hydrogen-bond acceptors (Lipinski definition) is 2. The zero-order chi connectivity index (χ0) is 13.8. The van der Waals surface area contributed by atoms with Crippen LogP contribution in [0, 0.1) is 18.8 Å². The first kappa shape index (κ1) is 14.4. The van der Waals surface area contributed by atoms with E-state index in [2.05, 4.69) is 56.1 Å². The minimum atomic E-state index is 0.811. The van der Waals surface area contributed by atoms with Gasteiger partial charge in [-0.2, -0.15) is 0 Å². The molecular weight excluding hydrogens is 232 g/mol. The summed E-state index contributed by atoms with van der Waals surface area (Å²) in [5.74, 6) is 1.62. The lowest BCUT2D eigenvalue weighted by Crippen LogP contribution is -2.20. The van der Waals surface area contributed by atoms with Gasteiger partial charge in [-0.3, -0.25) is 0 Å². The Morgan fingerprint density at radius 3 is 2.47 bits per heavy atom. The van der Waals surface area contributed by atoms with Gasteiger partial charge in [0.05, 0.1) is 0 Å². The van der Waals surface area contributed by atoms with Crippen LogP contribution in [0.15, 0.2) is 18.2 Å². The molecule has 2 heteroatoms. The van der Waals surface area contributed by atoms with E-state index in [0.29, 0.717) is 0 Å². The summed E-state index contributed by atoms with van der Waals surface area (Å²) in [5.41, 5.74) is 4.23. The average molecular weight is 260 g/mol. The third-order valence-electron chi connectivity index (χ3n) is 4.42. The summed E-state index contributed by atoms with van der Waals surface area (Å²) in [6, 6.07) is 6.94. The molecule has 0 aliphatic carbocycles. The van der Waals surface area contributed by atoms with Crippen LogP contribution >= 0.6 is 0 Å². The fraction of sp³-hybridized carbons (Fsp3) is 0.647. The van der Waals surface area contributed by atoms with Crippen molar-refractivity contribution in [1.82, 2.24) is 5.32 Å². The molecule has 1 aliphatic rings. The van der Waals surface area contributed by atoms with Gasteiger partial charge < -0.3 is 10.2 Å². The Morgan fingerprint density at radius 1 is 1.21 bits per heavy atom. The molecule has 2 rings (SSSR count). The first-order valence-electron chi connectivity index (χ1n) is 7.67. The minimum Gasteiger partial charge on any atom is -0.371 e. The van der Waals surface area contributed by atoms with Gasteiger partial charge in [0, 0.05) is 25.3 Å². The van der Waals surface area contributed by atoms with E-state index in [0.717, 1.165) is 24.9 Å². The Labute approximate surface area is 118 Å². The number of aryl methyl sites for hydroxylation is 1. The van der Waals surface area contributed by atoms with Crippen molar-refractivity contribution in [2.24, 2.45) is 11.8 Å². The highest BCUT2D eigenvalue weighted by atomic mass is 15.2. The van der Waals surface area contributed by atoms with Gasteiger partial charge >= 0.3 is 0 Å². The van der Waals surface area contributed by atoms with E-state index in [4.69, 9.17) is 0 Å². The number of nitrogens with one attached hydrogen (secondary N) is 1. The Balaban J connectivity index is 2.02. The molecule has 1 aromatic rings. The van der Waals surface area contributed by atoms with E-state index in [1.807, 2.05) is 0 Å². The SMILES string of the molecule is CCCNCc1ccc(N2CC(C)C(C)C2)cc1C. The maximum absolute atomic E-state index is 3.48. The van der Waals surface area contributed by atoms with Gasteiger partial charge in [0.15, 0.2) is 0 Å². The molecule has 106 valence electrons. The van der Waals surface area contributed by atoms with Gasteiger partial charge in [-0.25, -0.2) is 0 Å². The van der Waals surface area contributed by atoms with E-state index in [-0.39, 0.29) is 0 Å². The third-order valence-corrected chi connectivity index (χ3v) is 4.42. The molecule has 1 aromatic carbocycles. The molecular formula is C17H28N2. The fourth-order valence-electron chi connectivity index (χ4n) is 2.82. The van der Waals surface area contributed by atoms with Crippen LogP contribution in [-0.4, -0.2) is 19.6 Å². The predicted molar refractivity (Wildman–Crippen MR) is 83.7 cm³/mol. The molecule has 1 fully saturated rings. The molecule has 2 atom stereocenters. The predicted octanol–water partition coefficient (Wildman–Crippen LogP) is 3.59. The number of benzene rings is 1. The molecule has 1 N–H and O–H groups in total. The number of hydrogen-bond donors (Lipinski definition) is 1. The molecule has 0 radical (unpaired) electrons. The van der Waals surface area contributed by atoms with Crippen LogP contribution in [0.25, 0.3) is 0 Å². The normalized spacial score (nSPS) is 23.1. The standard InChI is InChI=1S/C17H28N2/c1-5-8-18-10-16-6-7-17(9-13(16)2)19-11-14(3)15(4)12-19/h6-7,9,14-15,18H,5,8,10-12H2,1-4H3. The van der Waals surface area contributed by atoms with Crippen molar-refractivity contribution in [3.05, 3.63) is 29.3 Å². The summed E-state index contributed by atoms with van der Waals surface area (Å²) in [5, 5.41) is 3.48. The fourth-order valence-corrected chi connectivity index (χ4v) is 2.82. The summed E-state index contributed by atoms with van der Waals surface area (Å²) in [4.78, 5) is 2.53. The Bertz CT molecular complexity index is 404. The summed E-state index contributed by atoms with van der Waals surface area (Å²) in [7, 11) is 0. The summed E-state index contributed by atoms with van der Waals surface area (Å²) in [6.07, 6.45) is 1.20. The molecule has 1 heterocycles. The second kappa shape index (κ2) is 6.42. The first-order valence-corrected chi connectivity index (χ1v) is 7.67. The lowest BCUT2D eigenvalue weighted by molar-refractivity contribution is 0.494. The Kier molecular flexibility index (Phi) is 4.87. The van der Waals surface area contributed by atoms with E-state index in [1.54, 1.807) is 0 Å². The minimum absolute atomic E-state index is 0.811. The van der Waals surface area contributed by atoms with Crippen molar-refractivity contribution in [3.8, 4) is 0 Å². The number of nitrogens with zero attached hydrogens (tertiary/aromatic N) is 1. The number of rotatable bonds is 5. The van der Waals surface area contributed by atoms with Crippen LogP contribution in [-0.2, 0) is 6.54 Å². The van der Waals surface area contributed by atoms with Gasteiger partial charge in [-0.05, 0) is 55.0 Å². The molecule has 0 spiro atoms. The molecule has 0 bridgehead atoms. The maximum Gasteiger partial charge on any atom is 0.0369 e. The third kappa shape index (κ3) is 3.50. The Hall–Kier alpha value is -1.02. The van der Waals surface area contributed by atoms with Crippen molar-refractivity contribution < 1.29 is 0 Å². The molecule has 2 nitrogen and oxygen atoms in total. The van der Waals surface area contributed by atoms with Crippen LogP contribution in [0.3, 0.4) is 0 Å². The molecule has 19 heavy (non-hydrogen) atoms. The summed E-state index contributed by atoms with van der Waals surface area (Å²) < 4.78 is 0. The van der Waals surface area contributed by atoms with E-state index >= 15 is 0 Å². The Morgan fingerprint density at radius 2 is 1.89 bits per heavy atom. The largest absolute Gasteiger partial charge is 0.371 e. The zero-order valence-corrected chi connectivity index (χ0v) is 12.9. The zero-order valence-electron chi connectivity index (χ0n) is 12.9. The van der Waals surface area contributed by atoms with Crippen molar-refractivity contribution in [3.63, 3.8) is 0 Å². The first-order chi connectivity index (χ1) is 9.11. The topological polar surface area (TPSA) is 15.3 Å². The van der Waals surface area contributed by atoms with Crippen molar-refractivity contribution in [1.29, 1.82) is 0 Å². The van der Waals surface area contributed by atoms with Gasteiger partial charge in [0.1, 0.15) is 0 Å². The summed E-state index contributed by atoms with van der Waals surface area (Å²) in [6.45, 7) is 13.7. The van der Waals surface area contributed by atoms with Crippen LogP contribution in [0.2, 0.25) is 0 Å². The monoisotopic (exact) mass is 260 g/mol. The van der Waals surface area contributed by atoms with Gasteiger partial charge in [-0.15, -0.1) is 0 Å². The van der Waals surface area contributed by atoms with E-state index in [9.17, 15) is 0 Å². The van der Waals surface area contributed by atoms with Crippen LogP contribution in [0.4, 0.5) is 5.69 Å². The smallest absolute Gasteiger partial charge is 0.0369 e. The van der Waals surface area contributed by atoms with Crippen LogP contribution in [0.1, 0.15) is 38.3 Å². The summed E-state index contributed by atoms with van der Waals surface area (Å²) >= 11 is 0. The van der Waals surface area contributed by atoms with E-state index in [1.165, 1.54) is 36.3 Å². The van der Waals surface area contributed by atoms with Crippen molar-refractivity contribution >= 4 is 5.69 Å². The lowest BCUT2D eigenvalue weighted by Gasteiger charge is -2.20. The van der Waals surface area contributed by atoms with Gasteiger partial charge in [0.2, 0.25) is 0 Å². The van der Waals surface area contributed by atoms with Crippen LogP contribution in [0.5, 0.6) is 0 Å². The van der Waals surface area contributed by atoms with Crippen molar-refractivity contribution in [2.75, 3.05) is 24.5 Å². The highest BCUT2D eigenvalue weighted by Gasteiger charge is 2.26. The second-order valence-corrected chi connectivity index (χ2v) is 6.15. The highest BCUT2D eigenvalue weighted by molar-refractivity contribution is 5.51. The lowest BCUT2D eigenvalue weighted by atomic mass is 10.0.